The Morgan fingerprint density at radius 1 is 1.00 bits per heavy atom. The molecule has 0 amide bonds. The Labute approximate surface area is 125 Å². The summed E-state index contributed by atoms with van der Waals surface area (Å²) in [7, 11) is 0. The molecule has 21 heavy (non-hydrogen) atoms. The maximum atomic E-state index is 12.1. The molecule has 0 aliphatic carbocycles. The van der Waals surface area contributed by atoms with Gasteiger partial charge in [-0.1, -0.05) is 74.5 Å². The van der Waals surface area contributed by atoms with Crippen molar-refractivity contribution in [2.24, 2.45) is 5.92 Å². The van der Waals surface area contributed by atoms with Crippen molar-refractivity contribution in [3.63, 3.8) is 0 Å². The Morgan fingerprint density at radius 2 is 1.43 bits per heavy atom. The summed E-state index contributed by atoms with van der Waals surface area (Å²) >= 11 is 0. The average Bonchev–Trinajstić information content (AvgIpc) is 2.49. The predicted molar refractivity (Wildman–Crippen MR) is 82.1 cm³/mol. The van der Waals surface area contributed by atoms with E-state index in [0.29, 0.717) is 17.7 Å². The van der Waals surface area contributed by atoms with E-state index < -0.39 is 11.6 Å². The summed E-state index contributed by atoms with van der Waals surface area (Å²) in [5.41, 5.74) is -0.207. The predicted octanol–water partition coefficient (Wildman–Crippen LogP) is 3.69. The first kappa shape index (κ1) is 15.3. The van der Waals surface area contributed by atoms with Gasteiger partial charge in [-0.15, -0.1) is 0 Å². The van der Waals surface area contributed by atoms with Gasteiger partial charge in [-0.25, -0.2) is 4.79 Å². The Balaban J connectivity index is 2.58. The minimum absolute atomic E-state index is 0.246. The molecule has 0 aliphatic rings. The van der Waals surface area contributed by atoms with Gasteiger partial charge in [-0.05, 0) is 17.0 Å². The maximum Gasteiger partial charge on any atom is 0.345 e. The van der Waals surface area contributed by atoms with E-state index in [0.717, 1.165) is 0 Å². The molecule has 2 rings (SSSR count). The molecule has 0 unspecified atom stereocenters. The number of ether oxygens (including phenoxy) is 1. The van der Waals surface area contributed by atoms with Crippen LogP contribution in [-0.4, -0.2) is 17.7 Å². The third kappa shape index (κ3) is 3.14. The topological polar surface area (TPSA) is 46.5 Å². The second-order valence-electron chi connectivity index (χ2n) is 5.42. The van der Waals surface area contributed by atoms with Crippen LogP contribution in [-0.2, 0) is 15.1 Å². The van der Waals surface area contributed by atoms with Gasteiger partial charge in [0.15, 0.2) is 0 Å². The lowest BCUT2D eigenvalue weighted by atomic mass is 9.86. The summed E-state index contributed by atoms with van der Waals surface area (Å²) in [5, 5.41) is 9.92. The van der Waals surface area contributed by atoms with Crippen molar-refractivity contribution in [3.8, 4) is 0 Å². The quantitative estimate of drug-likeness (QED) is 0.880. The van der Waals surface area contributed by atoms with E-state index in [2.05, 4.69) is 0 Å². The largest absolute Gasteiger partial charge is 0.479 e. The number of benzene rings is 2. The first-order chi connectivity index (χ1) is 10.1. The molecule has 2 aromatic rings. The van der Waals surface area contributed by atoms with Gasteiger partial charge in [0.05, 0.1) is 6.61 Å². The zero-order valence-electron chi connectivity index (χ0n) is 12.3. The van der Waals surface area contributed by atoms with Crippen molar-refractivity contribution in [1.29, 1.82) is 0 Å². The van der Waals surface area contributed by atoms with Crippen LogP contribution >= 0.6 is 0 Å². The van der Waals surface area contributed by atoms with Crippen LogP contribution in [0.15, 0.2) is 60.7 Å². The standard InChI is InChI=1S/C18H20O3/c1-14(2)13-21-18(17(19)20,15-9-5-3-6-10-15)16-11-7-4-8-12-16/h3-12,14H,13H2,1-2H3,(H,19,20). The normalized spacial score (nSPS) is 11.6. The van der Waals surface area contributed by atoms with Crippen molar-refractivity contribution in [3.05, 3.63) is 71.8 Å². The maximum absolute atomic E-state index is 12.1. The van der Waals surface area contributed by atoms with Gasteiger partial charge in [0.1, 0.15) is 0 Å². The summed E-state index contributed by atoms with van der Waals surface area (Å²) in [5.74, 6) is -0.753. The van der Waals surface area contributed by atoms with Crippen LogP contribution in [0.1, 0.15) is 25.0 Å². The molecule has 0 saturated heterocycles. The van der Waals surface area contributed by atoms with Gasteiger partial charge >= 0.3 is 5.97 Å². The molecule has 0 radical (unpaired) electrons. The summed E-state index contributed by atoms with van der Waals surface area (Å²) < 4.78 is 5.93. The smallest absolute Gasteiger partial charge is 0.345 e. The zero-order chi connectivity index (χ0) is 15.3. The van der Waals surface area contributed by atoms with Crippen LogP contribution in [0.5, 0.6) is 0 Å². The van der Waals surface area contributed by atoms with Gasteiger partial charge in [0.2, 0.25) is 5.60 Å². The summed E-state index contributed by atoms with van der Waals surface area (Å²) in [6.07, 6.45) is 0. The number of hydrogen-bond donors (Lipinski definition) is 1. The van der Waals surface area contributed by atoms with Crippen molar-refractivity contribution in [1.82, 2.24) is 0 Å². The summed E-state index contributed by atoms with van der Waals surface area (Å²) in [6, 6.07) is 18.2. The van der Waals surface area contributed by atoms with E-state index in [-0.39, 0.29) is 5.92 Å². The van der Waals surface area contributed by atoms with E-state index >= 15 is 0 Å². The van der Waals surface area contributed by atoms with E-state index in [9.17, 15) is 9.90 Å². The molecule has 0 fully saturated rings. The lowest BCUT2D eigenvalue weighted by Crippen LogP contribution is -2.41. The highest BCUT2D eigenvalue weighted by molar-refractivity contribution is 5.84. The molecule has 0 bridgehead atoms. The van der Waals surface area contributed by atoms with Crippen LogP contribution in [0.25, 0.3) is 0 Å². The summed E-state index contributed by atoms with van der Waals surface area (Å²) in [6.45, 7) is 4.38. The summed E-state index contributed by atoms with van der Waals surface area (Å²) in [4.78, 5) is 12.1. The second-order valence-corrected chi connectivity index (χ2v) is 5.42. The molecule has 2 aromatic carbocycles. The highest BCUT2D eigenvalue weighted by Crippen LogP contribution is 2.34. The van der Waals surface area contributed by atoms with Gasteiger partial charge in [-0.2, -0.15) is 0 Å². The zero-order valence-corrected chi connectivity index (χ0v) is 12.3. The third-order valence-corrected chi connectivity index (χ3v) is 3.29. The molecule has 0 aliphatic heterocycles. The molecule has 0 spiro atoms. The second kappa shape index (κ2) is 6.55. The van der Waals surface area contributed by atoms with Gasteiger partial charge in [-0.3, -0.25) is 0 Å². The molecule has 3 nitrogen and oxygen atoms in total. The van der Waals surface area contributed by atoms with Crippen molar-refractivity contribution >= 4 is 5.97 Å². The number of carboxylic acids is 1. The molecule has 0 heterocycles. The highest BCUT2D eigenvalue weighted by Gasteiger charge is 2.43. The van der Waals surface area contributed by atoms with Crippen molar-refractivity contribution in [2.45, 2.75) is 19.4 Å². The number of aliphatic carboxylic acids is 1. The molecular weight excluding hydrogens is 264 g/mol. The van der Waals surface area contributed by atoms with Crippen molar-refractivity contribution < 1.29 is 14.6 Å². The first-order valence-corrected chi connectivity index (χ1v) is 7.05. The van der Waals surface area contributed by atoms with Crippen molar-refractivity contribution in [2.75, 3.05) is 6.61 Å². The fourth-order valence-corrected chi connectivity index (χ4v) is 2.28. The molecule has 0 atom stereocenters. The monoisotopic (exact) mass is 284 g/mol. The van der Waals surface area contributed by atoms with Crippen LogP contribution in [0, 0.1) is 5.92 Å². The van der Waals surface area contributed by atoms with Gasteiger partial charge < -0.3 is 9.84 Å². The molecule has 0 aromatic heterocycles. The minimum Gasteiger partial charge on any atom is -0.479 e. The molecule has 0 saturated carbocycles. The lowest BCUT2D eigenvalue weighted by molar-refractivity contribution is -0.163. The van der Waals surface area contributed by atoms with E-state index in [4.69, 9.17) is 4.74 Å². The number of carboxylic acid groups (broad SMARTS) is 1. The Kier molecular flexibility index (Phi) is 4.76. The number of rotatable bonds is 6. The van der Waals surface area contributed by atoms with Gasteiger partial charge in [0, 0.05) is 0 Å². The molecular formula is C18H20O3. The SMILES string of the molecule is CC(C)COC(C(=O)O)(c1ccccc1)c1ccccc1. The van der Waals surface area contributed by atoms with E-state index in [1.165, 1.54) is 0 Å². The first-order valence-electron chi connectivity index (χ1n) is 7.05. The van der Waals surface area contributed by atoms with Crippen LogP contribution < -0.4 is 0 Å². The molecule has 3 heteroatoms. The lowest BCUT2D eigenvalue weighted by Gasteiger charge is -2.31. The van der Waals surface area contributed by atoms with E-state index in [1.807, 2.05) is 50.2 Å². The minimum atomic E-state index is -1.47. The van der Waals surface area contributed by atoms with Gasteiger partial charge in [0.25, 0.3) is 0 Å². The number of hydrogen-bond acceptors (Lipinski definition) is 2. The third-order valence-electron chi connectivity index (χ3n) is 3.29. The number of carbonyl (C=O) groups is 1. The molecule has 1 N–H and O–H groups in total. The van der Waals surface area contributed by atoms with E-state index in [1.54, 1.807) is 24.3 Å². The Morgan fingerprint density at radius 3 is 1.76 bits per heavy atom. The van der Waals surface area contributed by atoms with Crippen LogP contribution in [0.4, 0.5) is 0 Å². The van der Waals surface area contributed by atoms with Crippen LogP contribution in [0.3, 0.4) is 0 Å². The highest BCUT2D eigenvalue weighted by atomic mass is 16.5. The average molecular weight is 284 g/mol. The Hall–Kier alpha value is -2.13. The molecule has 110 valence electrons. The fraction of sp³-hybridized carbons (Fsp3) is 0.278. The Bertz CT molecular complexity index is 536. The van der Waals surface area contributed by atoms with Crippen LogP contribution in [0.2, 0.25) is 0 Å². The fourth-order valence-electron chi connectivity index (χ4n) is 2.28.